The van der Waals surface area contributed by atoms with Crippen LogP contribution in [-0.4, -0.2) is 140 Å². The lowest BCUT2D eigenvalue weighted by Gasteiger charge is -2.48. The number of hydrogen-bond acceptors (Lipinski definition) is 16. The van der Waals surface area contributed by atoms with Crippen LogP contribution in [0.1, 0.15) is 121 Å². The van der Waals surface area contributed by atoms with E-state index in [4.69, 9.17) is 28.4 Å². The van der Waals surface area contributed by atoms with Gasteiger partial charge in [-0.2, -0.15) is 0 Å². The van der Waals surface area contributed by atoms with E-state index >= 15 is 0 Å². The topological polar surface area (TPSA) is 234 Å². The maximum Gasteiger partial charge on any atom is 0.202 e. The van der Waals surface area contributed by atoms with E-state index in [9.17, 15) is 45.3 Å². The number of aromatic hydroxyl groups is 3. The van der Waals surface area contributed by atoms with Crippen LogP contribution in [0.25, 0.3) is 0 Å². The third kappa shape index (κ3) is 7.02. The zero-order chi connectivity index (χ0) is 40.5. The van der Waals surface area contributed by atoms with Crippen molar-refractivity contribution >= 4 is 11.6 Å². The SMILES string of the molecule is CC[C@@]1(O)C[C@H](OC2CC(N(C)C)C(OC3CC(O)C(OC4CCC(O)C(C)O4)C(C)O3)C(C)O2)c2c(O)c3c(c(O)c2[C@H]1O)C(=O)c1cccc(O)c1C3=O. The number of rotatable bonds is 8. The van der Waals surface area contributed by atoms with Gasteiger partial charge in [-0.1, -0.05) is 19.1 Å². The number of fused-ring (bicyclic) bond motifs is 3. The summed E-state index contributed by atoms with van der Waals surface area (Å²) >= 11 is 0. The molecule has 5 aliphatic rings. The fourth-order valence-corrected chi connectivity index (χ4v) is 8.98. The number of ketones is 2. The molecule has 3 aliphatic heterocycles. The molecule has 11 unspecified atom stereocenters. The number of phenolic OH excluding ortho intramolecular Hbond substituents is 3. The first-order chi connectivity index (χ1) is 26.4. The summed E-state index contributed by atoms with van der Waals surface area (Å²) in [4.78, 5) is 29.4. The van der Waals surface area contributed by atoms with Crippen molar-refractivity contribution in [1.29, 1.82) is 0 Å². The number of benzene rings is 2. The van der Waals surface area contributed by atoms with E-state index in [0.29, 0.717) is 12.8 Å². The highest BCUT2D eigenvalue weighted by Crippen LogP contribution is 2.56. The van der Waals surface area contributed by atoms with Crippen LogP contribution in [0, 0.1) is 0 Å². The summed E-state index contributed by atoms with van der Waals surface area (Å²) in [5, 5.41) is 78.3. The Morgan fingerprint density at radius 3 is 2.00 bits per heavy atom. The molecule has 2 aromatic carbocycles. The molecule has 0 aromatic heterocycles. The Labute approximate surface area is 324 Å². The van der Waals surface area contributed by atoms with Gasteiger partial charge in [0.1, 0.15) is 35.6 Å². The van der Waals surface area contributed by atoms with Gasteiger partial charge >= 0.3 is 0 Å². The van der Waals surface area contributed by atoms with Crippen molar-refractivity contribution < 1.29 is 73.8 Å². The second-order valence-electron chi connectivity index (χ2n) is 16.0. The number of carbonyl (C=O) groups is 2. The first-order valence-electron chi connectivity index (χ1n) is 19.3. The normalized spacial score (nSPS) is 38.6. The van der Waals surface area contributed by atoms with Crippen LogP contribution in [0.3, 0.4) is 0 Å². The minimum absolute atomic E-state index is 0.0000126. The molecule has 2 aliphatic carbocycles. The van der Waals surface area contributed by atoms with Crippen LogP contribution in [-0.2, 0) is 28.4 Å². The minimum atomic E-state index is -1.87. The Morgan fingerprint density at radius 1 is 0.750 bits per heavy atom. The van der Waals surface area contributed by atoms with E-state index in [1.807, 2.05) is 19.0 Å². The van der Waals surface area contributed by atoms with E-state index in [0.717, 1.165) is 0 Å². The van der Waals surface area contributed by atoms with Crippen molar-refractivity contribution in [2.75, 3.05) is 14.1 Å². The standard InChI is InChI=1S/C40H53NO15/c1-7-40(50)15-24(29-32(39(40)49)36(48)30-31(35(29)47)34(46)28-19(33(30)45)9-8-10-22(28)43)54-26-13-20(41(5)6)37(17(3)52-26)56-27-14-23(44)38(18(4)53-27)55-25-12-11-21(42)16(2)51-25/h8-10,16-18,20-21,23-27,37-39,42-44,47-50H,7,11-15H2,1-6H3/t16?,17?,18?,20?,21?,23?,24-,25?,26?,27?,37?,38?,39+,40+/m0/s1. The lowest BCUT2D eigenvalue weighted by molar-refractivity contribution is -0.328. The van der Waals surface area contributed by atoms with E-state index in [1.165, 1.54) is 18.2 Å². The predicted molar refractivity (Wildman–Crippen MR) is 194 cm³/mol. The van der Waals surface area contributed by atoms with Gasteiger partial charge in [0.05, 0.1) is 58.9 Å². The Morgan fingerprint density at radius 2 is 1.36 bits per heavy atom. The molecule has 7 N–H and O–H groups in total. The smallest absolute Gasteiger partial charge is 0.202 e. The van der Waals surface area contributed by atoms with Gasteiger partial charge in [-0.15, -0.1) is 0 Å². The van der Waals surface area contributed by atoms with Gasteiger partial charge in [-0.3, -0.25) is 9.59 Å². The molecule has 308 valence electrons. The number of hydrogen-bond donors (Lipinski definition) is 7. The maximum absolute atomic E-state index is 13.8. The van der Waals surface area contributed by atoms with Gasteiger partial charge in [0.25, 0.3) is 0 Å². The molecule has 2 aromatic rings. The van der Waals surface area contributed by atoms with Crippen molar-refractivity contribution in [2.24, 2.45) is 0 Å². The monoisotopic (exact) mass is 787 g/mol. The van der Waals surface area contributed by atoms with Gasteiger partial charge < -0.3 is 69.1 Å². The molecule has 56 heavy (non-hydrogen) atoms. The molecule has 16 nitrogen and oxygen atoms in total. The average molecular weight is 788 g/mol. The lowest BCUT2D eigenvalue weighted by Crippen LogP contribution is -2.58. The third-order valence-corrected chi connectivity index (χ3v) is 12.2. The number of carbonyl (C=O) groups excluding carboxylic acids is 2. The molecule has 16 heteroatoms. The number of aliphatic hydroxyl groups is 4. The fraction of sp³-hybridized carbons (Fsp3) is 0.650. The van der Waals surface area contributed by atoms with E-state index in [1.54, 1.807) is 27.7 Å². The summed E-state index contributed by atoms with van der Waals surface area (Å²) in [6, 6.07) is 3.57. The number of ether oxygens (including phenoxy) is 6. The molecule has 0 bridgehead atoms. The third-order valence-electron chi connectivity index (χ3n) is 12.2. The van der Waals surface area contributed by atoms with Crippen LogP contribution in [0.5, 0.6) is 17.2 Å². The quantitative estimate of drug-likeness (QED) is 0.163. The summed E-state index contributed by atoms with van der Waals surface area (Å²) in [6.07, 6.45) is -8.70. The molecular formula is C40H53NO15. The Kier molecular flexibility index (Phi) is 11.3. The number of likely N-dealkylation sites (N-methyl/N-ethyl adjacent to an activating group) is 1. The largest absolute Gasteiger partial charge is 0.507 e. The summed E-state index contributed by atoms with van der Waals surface area (Å²) < 4.78 is 37.4. The molecule has 3 saturated heterocycles. The lowest BCUT2D eigenvalue weighted by atomic mass is 9.70. The Bertz CT molecular complexity index is 1830. The zero-order valence-corrected chi connectivity index (χ0v) is 32.3. The summed E-state index contributed by atoms with van der Waals surface area (Å²) in [5.41, 5.74) is -3.99. The molecule has 3 heterocycles. The van der Waals surface area contributed by atoms with E-state index in [2.05, 4.69) is 0 Å². The molecule has 0 radical (unpaired) electrons. The Balaban J connectivity index is 1.11. The van der Waals surface area contributed by atoms with Crippen LogP contribution in [0.4, 0.5) is 0 Å². The fourth-order valence-electron chi connectivity index (χ4n) is 8.98. The molecular weight excluding hydrogens is 734 g/mol. The van der Waals surface area contributed by atoms with Crippen LogP contribution < -0.4 is 0 Å². The van der Waals surface area contributed by atoms with Gasteiger partial charge in [0.2, 0.25) is 5.78 Å². The number of nitrogens with zero attached hydrogens (tertiary/aromatic N) is 1. The molecule has 0 saturated carbocycles. The summed E-state index contributed by atoms with van der Waals surface area (Å²) in [6.45, 7) is 6.97. The highest BCUT2D eigenvalue weighted by molar-refractivity contribution is 6.31. The van der Waals surface area contributed by atoms with Crippen molar-refractivity contribution in [3.8, 4) is 17.2 Å². The molecule has 0 amide bonds. The van der Waals surface area contributed by atoms with Crippen molar-refractivity contribution in [1.82, 2.24) is 4.90 Å². The van der Waals surface area contributed by atoms with Gasteiger partial charge in [-0.25, -0.2) is 0 Å². The number of phenols is 3. The first kappa shape index (κ1) is 40.9. The van der Waals surface area contributed by atoms with E-state index in [-0.39, 0.29) is 54.0 Å². The van der Waals surface area contributed by atoms with Crippen molar-refractivity contribution in [3.63, 3.8) is 0 Å². The molecule has 14 atom stereocenters. The molecule has 7 rings (SSSR count). The highest BCUT2D eigenvalue weighted by atomic mass is 16.7. The second-order valence-corrected chi connectivity index (χ2v) is 16.0. The van der Waals surface area contributed by atoms with Gasteiger partial charge in [0.15, 0.2) is 24.7 Å². The maximum atomic E-state index is 13.8. The predicted octanol–water partition coefficient (Wildman–Crippen LogP) is 2.43. The van der Waals surface area contributed by atoms with Crippen molar-refractivity contribution in [3.05, 3.63) is 51.6 Å². The summed E-state index contributed by atoms with van der Waals surface area (Å²) in [7, 11) is 3.71. The second kappa shape index (κ2) is 15.5. The van der Waals surface area contributed by atoms with E-state index < -0.39 is 119 Å². The van der Waals surface area contributed by atoms with Crippen LogP contribution in [0.2, 0.25) is 0 Å². The average Bonchev–Trinajstić information content (AvgIpc) is 3.14. The first-order valence-corrected chi connectivity index (χ1v) is 19.3. The van der Waals surface area contributed by atoms with Crippen LogP contribution in [0.15, 0.2) is 18.2 Å². The van der Waals surface area contributed by atoms with Crippen molar-refractivity contribution in [2.45, 2.75) is 152 Å². The number of aliphatic hydroxyl groups excluding tert-OH is 3. The zero-order valence-electron chi connectivity index (χ0n) is 32.3. The molecule has 0 spiro atoms. The minimum Gasteiger partial charge on any atom is -0.507 e. The van der Waals surface area contributed by atoms with Gasteiger partial charge in [-0.05, 0) is 53.8 Å². The van der Waals surface area contributed by atoms with Gasteiger partial charge in [0, 0.05) is 48.4 Å². The van der Waals surface area contributed by atoms with Crippen LogP contribution >= 0.6 is 0 Å². The highest BCUT2D eigenvalue weighted by Gasteiger charge is 2.52. The Hall–Kier alpha value is -3.26. The summed E-state index contributed by atoms with van der Waals surface area (Å²) in [5.74, 6) is -3.72. The molecule has 3 fully saturated rings.